The number of likely N-dealkylation sites (N-methyl/N-ethyl adjacent to an activating group) is 1. The van der Waals surface area contributed by atoms with Gasteiger partial charge in [-0.15, -0.1) is 0 Å². The van der Waals surface area contributed by atoms with Crippen LogP contribution in [0.5, 0.6) is 0 Å². The van der Waals surface area contributed by atoms with Gasteiger partial charge in [0.05, 0.1) is 0 Å². The van der Waals surface area contributed by atoms with Crippen LogP contribution in [0.2, 0.25) is 0 Å². The Hall–Kier alpha value is -0.930. The van der Waals surface area contributed by atoms with Crippen molar-refractivity contribution in [2.45, 2.75) is 58.7 Å². The maximum absolute atomic E-state index is 4.22. The van der Waals surface area contributed by atoms with Gasteiger partial charge in [0, 0.05) is 31.0 Å². The van der Waals surface area contributed by atoms with E-state index >= 15 is 0 Å². The molecule has 20 heavy (non-hydrogen) atoms. The van der Waals surface area contributed by atoms with Crippen molar-refractivity contribution in [3.8, 4) is 0 Å². The van der Waals surface area contributed by atoms with Crippen molar-refractivity contribution in [3.05, 3.63) is 30.1 Å². The molecular weight excluding hydrogens is 246 g/mol. The molecule has 2 unspecified atom stereocenters. The lowest BCUT2D eigenvalue weighted by atomic mass is 9.86. The van der Waals surface area contributed by atoms with Crippen molar-refractivity contribution in [2.24, 2.45) is 5.41 Å². The van der Waals surface area contributed by atoms with Crippen LogP contribution in [0.25, 0.3) is 0 Å². The van der Waals surface area contributed by atoms with Gasteiger partial charge < -0.3 is 5.32 Å². The lowest BCUT2D eigenvalue weighted by molar-refractivity contribution is 0.165. The summed E-state index contributed by atoms with van der Waals surface area (Å²) in [6.45, 7) is 9.14. The van der Waals surface area contributed by atoms with Crippen LogP contribution in [0.3, 0.4) is 0 Å². The predicted octanol–water partition coefficient (Wildman–Crippen LogP) is 3.07. The predicted molar refractivity (Wildman–Crippen MR) is 84.6 cm³/mol. The second kappa shape index (κ2) is 6.68. The first-order chi connectivity index (χ1) is 9.54. The van der Waals surface area contributed by atoms with Gasteiger partial charge >= 0.3 is 0 Å². The Morgan fingerprint density at radius 3 is 2.90 bits per heavy atom. The molecule has 0 bridgehead atoms. The van der Waals surface area contributed by atoms with Gasteiger partial charge in [-0.3, -0.25) is 9.88 Å². The largest absolute Gasteiger partial charge is 0.312 e. The number of aromatic nitrogens is 1. The van der Waals surface area contributed by atoms with E-state index in [1.165, 1.54) is 24.8 Å². The van der Waals surface area contributed by atoms with Crippen molar-refractivity contribution >= 4 is 0 Å². The molecule has 0 amide bonds. The zero-order chi connectivity index (χ0) is 14.6. The van der Waals surface area contributed by atoms with Crippen LogP contribution in [0.4, 0.5) is 0 Å². The molecule has 1 aromatic heterocycles. The molecule has 1 aliphatic rings. The van der Waals surface area contributed by atoms with E-state index in [9.17, 15) is 0 Å². The van der Waals surface area contributed by atoms with Crippen LogP contribution in [0.15, 0.2) is 24.5 Å². The maximum atomic E-state index is 4.22. The molecule has 1 saturated carbocycles. The first-order valence-corrected chi connectivity index (χ1v) is 7.87. The highest BCUT2D eigenvalue weighted by Gasteiger charge is 2.42. The minimum Gasteiger partial charge on any atom is -0.312 e. The number of hydrogen-bond donors (Lipinski definition) is 1. The summed E-state index contributed by atoms with van der Waals surface area (Å²) in [5, 5.41) is 3.78. The molecule has 2 atom stereocenters. The van der Waals surface area contributed by atoms with E-state index < -0.39 is 0 Å². The van der Waals surface area contributed by atoms with E-state index in [0.29, 0.717) is 17.5 Å². The fourth-order valence-corrected chi connectivity index (χ4v) is 3.45. The highest BCUT2D eigenvalue weighted by Crippen LogP contribution is 2.39. The summed E-state index contributed by atoms with van der Waals surface area (Å²) in [5.74, 6) is 0. The van der Waals surface area contributed by atoms with Crippen LogP contribution in [-0.4, -0.2) is 35.6 Å². The Morgan fingerprint density at radius 2 is 2.25 bits per heavy atom. The van der Waals surface area contributed by atoms with E-state index in [1.807, 2.05) is 18.5 Å². The topological polar surface area (TPSA) is 28.2 Å². The summed E-state index contributed by atoms with van der Waals surface area (Å²) in [6, 6.07) is 5.40. The van der Waals surface area contributed by atoms with Gasteiger partial charge in [-0.1, -0.05) is 26.8 Å². The van der Waals surface area contributed by atoms with Gasteiger partial charge in [0.1, 0.15) is 0 Å². The average Bonchev–Trinajstić information content (AvgIpc) is 2.72. The highest BCUT2D eigenvalue weighted by molar-refractivity contribution is 5.09. The number of pyridine rings is 1. The monoisotopic (exact) mass is 275 g/mol. The van der Waals surface area contributed by atoms with E-state index in [-0.39, 0.29) is 0 Å². The summed E-state index contributed by atoms with van der Waals surface area (Å²) >= 11 is 0. The lowest BCUT2D eigenvalue weighted by Gasteiger charge is -2.36. The number of nitrogens with zero attached hydrogens (tertiary/aromatic N) is 2. The quantitative estimate of drug-likeness (QED) is 0.865. The van der Waals surface area contributed by atoms with Crippen molar-refractivity contribution in [2.75, 3.05) is 13.6 Å². The third kappa shape index (κ3) is 3.58. The van der Waals surface area contributed by atoms with Crippen LogP contribution in [0, 0.1) is 5.41 Å². The van der Waals surface area contributed by atoms with Crippen molar-refractivity contribution in [1.82, 2.24) is 15.2 Å². The van der Waals surface area contributed by atoms with Crippen LogP contribution < -0.4 is 5.32 Å². The van der Waals surface area contributed by atoms with Gasteiger partial charge in [-0.05, 0) is 49.9 Å². The molecule has 112 valence electrons. The molecule has 1 aromatic rings. The molecule has 1 aliphatic carbocycles. The summed E-state index contributed by atoms with van der Waals surface area (Å²) in [4.78, 5) is 6.72. The summed E-state index contributed by atoms with van der Waals surface area (Å²) in [6.07, 6.45) is 7.60. The summed E-state index contributed by atoms with van der Waals surface area (Å²) in [7, 11) is 2.25. The number of rotatable bonds is 6. The second-order valence-corrected chi connectivity index (χ2v) is 6.80. The van der Waals surface area contributed by atoms with Crippen molar-refractivity contribution in [1.29, 1.82) is 0 Å². The average molecular weight is 275 g/mol. The van der Waals surface area contributed by atoms with Crippen LogP contribution in [-0.2, 0) is 6.54 Å². The van der Waals surface area contributed by atoms with Crippen LogP contribution >= 0.6 is 0 Å². The summed E-state index contributed by atoms with van der Waals surface area (Å²) < 4.78 is 0. The third-order valence-corrected chi connectivity index (χ3v) is 4.65. The van der Waals surface area contributed by atoms with E-state index in [2.05, 4.69) is 49.1 Å². The van der Waals surface area contributed by atoms with Gasteiger partial charge in [0.2, 0.25) is 0 Å². The molecule has 3 heteroatoms. The maximum Gasteiger partial charge on any atom is 0.0312 e. The van der Waals surface area contributed by atoms with Gasteiger partial charge in [0.25, 0.3) is 0 Å². The molecule has 1 heterocycles. The van der Waals surface area contributed by atoms with Crippen LogP contribution in [0.1, 0.15) is 45.6 Å². The molecular formula is C17H29N3. The Kier molecular flexibility index (Phi) is 5.17. The minimum absolute atomic E-state index is 0.392. The normalized spacial score (nSPS) is 25.2. The smallest absolute Gasteiger partial charge is 0.0312 e. The van der Waals surface area contributed by atoms with E-state index in [1.54, 1.807) is 0 Å². The molecule has 0 spiro atoms. The Balaban J connectivity index is 2.02. The first-order valence-electron chi connectivity index (χ1n) is 7.87. The number of hydrogen-bond acceptors (Lipinski definition) is 3. The fourth-order valence-electron chi connectivity index (χ4n) is 3.45. The Bertz CT molecular complexity index is 402. The van der Waals surface area contributed by atoms with Crippen molar-refractivity contribution in [3.63, 3.8) is 0 Å². The Morgan fingerprint density at radius 1 is 1.45 bits per heavy atom. The molecule has 0 aliphatic heterocycles. The van der Waals surface area contributed by atoms with E-state index in [0.717, 1.165) is 13.1 Å². The molecule has 1 fully saturated rings. The van der Waals surface area contributed by atoms with Gasteiger partial charge in [-0.25, -0.2) is 0 Å². The molecule has 1 N–H and O–H groups in total. The third-order valence-electron chi connectivity index (χ3n) is 4.65. The molecule has 0 aromatic carbocycles. The fraction of sp³-hybridized carbons (Fsp3) is 0.706. The zero-order valence-corrected chi connectivity index (χ0v) is 13.4. The second-order valence-electron chi connectivity index (χ2n) is 6.80. The summed E-state index contributed by atoms with van der Waals surface area (Å²) in [5.41, 5.74) is 1.69. The molecule has 0 radical (unpaired) electrons. The first kappa shape index (κ1) is 15.5. The Labute approximate surface area is 123 Å². The van der Waals surface area contributed by atoms with Crippen molar-refractivity contribution < 1.29 is 0 Å². The standard InChI is InChI=1S/C17H29N3/c1-5-10-19-16-15(8-9-17(16,2)3)20(4)13-14-7-6-11-18-12-14/h6-7,11-12,15-16,19H,5,8-10,13H2,1-4H3. The molecule has 2 rings (SSSR count). The lowest BCUT2D eigenvalue weighted by Crippen LogP contribution is -2.50. The highest BCUT2D eigenvalue weighted by atomic mass is 15.2. The molecule has 3 nitrogen and oxygen atoms in total. The zero-order valence-electron chi connectivity index (χ0n) is 13.4. The minimum atomic E-state index is 0.392. The van der Waals surface area contributed by atoms with Gasteiger partial charge in [-0.2, -0.15) is 0 Å². The van der Waals surface area contributed by atoms with Gasteiger partial charge in [0.15, 0.2) is 0 Å². The van der Waals surface area contributed by atoms with E-state index in [4.69, 9.17) is 0 Å². The SMILES string of the molecule is CCCNC1C(N(C)Cc2cccnc2)CCC1(C)C. The number of nitrogens with one attached hydrogen (secondary N) is 1. The molecule has 0 saturated heterocycles.